The van der Waals surface area contributed by atoms with Crippen LogP contribution in [0.1, 0.15) is 12.3 Å². The number of nitrogens with one attached hydrogen (secondary N) is 2. The molecule has 1 aliphatic rings. The Bertz CT molecular complexity index is 625. The molecule has 0 spiro atoms. The number of rotatable bonds is 6. The Kier molecular flexibility index (Phi) is 5.28. The van der Waals surface area contributed by atoms with Gasteiger partial charge < -0.3 is 19.9 Å². The van der Waals surface area contributed by atoms with Crippen molar-refractivity contribution in [1.29, 1.82) is 0 Å². The number of pyridine rings is 1. The van der Waals surface area contributed by atoms with Crippen LogP contribution >= 0.6 is 0 Å². The standard InChI is InChI=1S/C15H19N5O3/c21-13(9-11-10-22-8-7-16-11)18-6-4-14-19-15(20-23-14)12-3-1-2-5-17-12/h1-3,5,11,16H,4,6-10H2,(H,18,21)/t11-/m0/s1. The molecule has 8 nitrogen and oxygen atoms in total. The van der Waals surface area contributed by atoms with Gasteiger partial charge in [0.25, 0.3) is 0 Å². The first-order valence-corrected chi connectivity index (χ1v) is 7.63. The lowest BCUT2D eigenvalue weighted by Gasteiger charge is -2.23. The van der Waals surface area contributed by atoms with Crippen LogP contribution in [0.5, 0.6) is 0 Å². The van der Waals surface area contributed by atoms with Crippen molar-refractivity contribution in [3.05, 3.63) is 30.3 Å². The summed E-state index contributed by atoms with van der Waals surface area (Å²) in [6.07, 6.45) is 2.57. The largest absolute Gasteiger partial charge is 0.378 e. The fourth-order valence-electron chi connectivity index (χ4n) is 2.31. The Labute approximate surface area is 133 Å². The van der Waals surface area contributed by atoms with Crippen molar-refractivity contribution < 1.29 is 14.1 Å². The van der Waals surface area contributed by atoms with Crippen LogP contribution in [0.25, 0.3) is 11.5 Å². The van der Waals surface area contributed by atoms with Crippen LogP contribution in [-0.4, -0.2) is 53.4 Å². The summed E-state index contributed by atoms with van der Waals surface area (Å²) in [4.78, 5) is 20.3. The van der Waals surface area contributed by atoms with Crippen molar-refractivity contribution in [2.45, 2.75) is 18.9 Å². The molecule has 3 rings (SSSR count). The number of hydrogen-bond donors (Lipinski definition) is 2. The topological polar surface area (TPSA) is 102 Å². The zero-order chi connectivity index (χ0) is 15.9. The molecule has 1 amide bonds. The number of ether oxygens (including phenoxy) is 1. The lowest BCUT2D eigenvalue weighted by molar-refractivity contribution is -0.122. The van der Waals surface area contributed by atoms with E-state index in [1.807, 2.05) is 18.2 Å². The van der Waals surface area contributed by atoms with Crippen LogP contribution in [0.15, 0.2) is 28.9 Å². The number of amides is 1. The fourth-order valence-corrected chi connectivity index (χ4v) is 2.31. The van der Waals surface area contributed by atoms with Gasteiger partial charge in [0.15, 0.2) is 0 Å². The molecular formula is C15H19N5O3. The number of aromatic nitrogens is 3. The third-order valence-corrected chi connectivity index (χ3v) is 3.45. The van der Waals surface area contributed by atoms with Gasteiger partial charge in [0.2, 0.25) is 17.6 Å². The van der Waals surface area contributed by atoms with Gasteiger partial charge in [-0.2, -0.15) is 4.98 Å². The minimum Gasteiger partial charge on any atom is -0.378 e. The maximum absolute atomic E-state index is 11.8. The van der Waals surface area contributed by atoms with Gasteiger partial charge in [0.1, 0.15) is 5.69 Å². The summed E-state index contributed by atoms with van der Waals surface area (Å²) in [5, 5.41) is 9.99. The normalized spacial score (nSPS) is 17.8. The molecule has 1 fully saturated rings. The Morgan fingerprint density at radius 1 is 1.43 bits per heavy atom. The zero-order valence-corrected chi connectivity index (χ0v) is 12.7. The summed E-state index contributed by atoms with van der Waals surface area (Å²) in [5.74, 6) is 0.915. The van der Waals surface area contributed by atoms with E-state index in [1.165, 1.54) is 0 Å². The molecule has 1 atom stereocenters. The van der Waals surface area contributed by atoms with Crippen molar-refractivity contribution in [2.24, 2.45) is 0 Å². The first-order chi connectivity index (χ1) is 11.3. The number of carbonyl (C=O) groups excluding carboxylic acids is 1. The molecule has 2 N–H and O–H groups in total. The molecule has 0 aliphatic carbocycles. The zero-order valence-electron chi connectivity index (χ0n) is 12.7. The highest BCUT2D eigenvalue weighted by atomic mass is 16.5. The summed E-state index contributed by atoms with van der Waals surface area (Å²) in [6, 6.07) is 5.59. The lowest BCUT2D eigenvalue weighted by Crippen LogP contribution is -2.44. The smallest absolute Gasteiger partial charge is 0.228 e. The molecule has 0 radical (unpaired) electrons. The Balaban J connectivity index is 1.42. The molecule has 8 heteroatoms. The molecule has 1 saturated heterocycles. The highest BCUT2D eigenvalue weighted by molar-refractivity contribution is 5.76. The number of nitrogens with zero attached hydrogens (tertiary/aromatic N) is 3. The summed E-state index contributed by atoms with van der Waals surface area (Å²) in [5.41, 5.74) is 0.662. The quantitative estimate of drug-likeness (QED) is 0.783. The molecule has 2 aromatic heterocycles. The highest BCUT2D eigenvalue weighted by Crippen LogP contribution is 2.11. The predicted molar refractivity (Wildman–Crippen MR) is 81.5 cm³/mol. The second-order valence-electron chi connectivity index (χ2n) is 5.26. The first kappa shape index (κ1) is 15.6. The molecular weight excluding hydrogens is 298 g/mol. The van der Waals surface area contributed by atoms with Gasteiger partial charge in [-0.25, -0.2) is 0 Å². The average molecular weight is 317 g/mol. The van der Waals surface area contributed by atoms with Crippen molar-refractivity contribution in [1.82, 2.24) is 25.8 Å². The molecule has 122 valence electrons. The summed E-state index contributed by atoms with van der Waals surface area (Å²) < 4.78 is 10.5. The highest BCUT2D eigenvalue weighted by Gasteiger charge is 2.16. The van der Waals surface area contributed by atoms with Crippen LogP contribution < -0.4 is 10.6 Å². The minimum atomic E-state index is -0.0162. The van der Waals surface area contributed by atoms with Gasteiger partial charge in [-0.1, -0.05) is 11.2 Å². The molecule has 1 aliphatic heterocycles. The third-order valence-electron chi connectivity index (χ3n) is 3.45. The number of carbonyl (C=O) groups is 1. The van der Waals surface area contributed by atoms with Crippen molar-refractivity contribution in [2.75, 3.05) is 26.3 Å². The molecule has 0 saturated carbocycles. The van der Waals surface area contributed by atoms with Crippen LogP contribution in [0.4, 0.5) is 0 Å². The second-order valence-corrected chi connectivity index (χ2v) is 5.26. The first-order valence-electron chi connectivity index (χ1n) is 7.63. The van der Waals surface area contributed by atoms with Gasteiger partial charge in [-0.15, -0.1) is 0 Å². The van der Waals surface area contributed by atoms with Crippen molar-refractivity contribution in [3.63, 3.8) is 0 Å². The Hall–Kier alpha value is -2.32. The van der Waals surface area contributed by atoms with Crippen LogP contribution in [0, 0.1) is 0 Å². The SMILES string of the molecule is O=C(C[C@H]1COCCN1)NCCc1nc(-c2ccccn2)no1. The van der Waals surface area contributed by atoms with Gasteiger partial charge in [-0.3, -0.25) is 9.78 Å². The fraction of sp³-hybridized carbons (Fsp3) is 0.467. The molecule has 0 unspecified atom stereocenters. The van der Waals surface area contributed by atoms with Crippen LogP contribution in [0.2, 0.25) is 0 Å². The van der Waals surface area contributed by atoms with E-state index in [1.54, 1.807) is 6.20 Å². The monoisotopic (exact) mass is 317 g/mol. The van der Waals surface area contributed by atoms with Crippen molar-refractivity contribution in [3.8, 4) is 11.5 Å². The van der Waals surface area contributed by atoms with E-state index in [2.05, 4.69) is 25.8 Å². The molecule has 0 aromatic carbocycles. The average Bonchev–Trinajstić information content (AvgIpc) is 3.05. The molecule has 0 bridgehead atoms. The summed E-state index contributed by atoms with van der Waals surface area (Å²) in [7, 11) is 0. The Morgan fingerprint density at radius 2 is 2.39 bits per heavy atom. The van der Waals surface area contributed by atoms with E-state index in [0.717, 1.165) is 6.54 Å². The Morgan fingerprint density at radius 3 is 3.17 bits per heavy atom. The maximum Gasteiger partial charge on any atom is 0.228 e. The van der Waals surface area contributed by atoms with Gasteiger partial charge in [0.05, 0.1) is 13.2 Å². The second kappa shape index (κ2) is 7.80. The molecule has 23 heavy (non-hydrogen) atoms. The van der Waals surface area contributed by atoms with Gasteiger partial charge >= 0.3 is 0 Å². The summed E-state index contributed by atoms with van der Waals surface area (Å²) >= 11 is 0. The van der Waals surface area contributed by atoms with E-state index >= 15 is 0 Å². The van der Waals surface area contributed by atoms with Crippen molar-refractivity contribution >= 4 is 5.91 Å². The number of hydrogen-bond acceptors (Lipinski definition) is 7. The van der Waals surface area contributed by atoms with E-state index in [4.69, 9.17) is 9.26 Å². The molecule has 2 aromatic rings. The lowest BCUT2D eigenvalue weighted by atomic mass is 10.2. The van der Waals surface area contributed by atoms with E-state index in [-0.39, 0.29) is 11.9 Å². The van der Waals surface area contributed by atoms with E-state index in [9.17, 15) is 4.79 Å². The van der Waals surface area contributed by atoms with Crippen LogP contribution in [0.3, 0.4) is 0 Å². The van der Waals surface area contributed by atoms with Gasteiger partial charge in [-0.05, 0) is 12.1 Å². The predicted octanol–water partition coefficient (Wildman–Crippen LogP) is 0.169. The van der Waals surface area contributed by atoms with E-state index < -0.39 is 0 Å². The van der Waals surface area contributed by atoms with Crippen LogP contribution in [-0.2, 0) is 16.0 Å². The maximum atomic E-state index is 11.8. The summed E-state index contributed by atoms with van der Waals surface area (Å²) in [6.45, 7) is 2.52. The van der Waals surface area contributed by atoms with E-state index in [0.29, 0.717) is 50.0 Å². The third kappa shape index (κ3) is 4.57. The molecule has 3 heterocycles. The minimum absolute atomic E-state index is 0.0162. The van der Waals surface area contributed by atoms with Gasteiger partial charge in [0, 0.05) is 38.2 Å². The number of morpholine rings is 1.